The predicted molar refractivity (Wildman–Crippen MR) is 81.0 cm³/mol. The summed E-state index contributed by atoms with van der Waals surface area (Å²) in [6, 6.07) is 6.88. The van der Waals surface area contributed by atoms with Crippen molar-refractivity contribution >= 4 is 37.3 Å². The number of pyridine rings is 1. The van der Waals surface area contributed by atoms with Gasteiger partial charge >= 0.3 is 0 Å². The first-order valence-electron chi connectivity index (χ1n) is 6.01. The quantitative estimate of drug-likeness (QED) is 0.839. The van der Waals surface area contributed by atoms with E-state index in [0.717, 1.165) is 5.56 Å². The molecular formula is C13H12BrN3O2S. The summed E-state index contributed by atoms with van der Waals surface area (Å²) in [6.07, 6.45) is 3.53. The van der Waals surface area contributed by atoms with Crippen molar-refractivity contribution < 1.29 is 8.42 Å². The number of nitrogens with zero attached hydrogens (tertiary/aromatic N) is 2. The Hall–Kier alpha value is -1.60. The first kappa shape index (κ1) is 13.4. The van der Waals surface area contributed by atoms with Gasteiger partial charge in [0.15, 0.2) is 0 Å². The molecular weight excluding hydrogens is 342 g/mol. The van der Waals surface area contributed by atoms with Gasteiger partial charge in [-0.25, -0.2) is 8.42 Å². The lowest BCUT2D eigenvalue weighted by molar-refractivity contribution is 0.592. The van der Waals surface area contributed by atoms with Gasteiger partial charge < -0.3 is 5.73 Å². The molecule has 0 spiro atoms. The van der Waals surface area contributed by atoms with Gasteiger partial charge in [-0.05, 0) is 40.5 Å². The molecule has 1 aliphatic heterocycles. The van der Waals surface area contributed by atoms with Gasteiger partial charge in [0.25, 0.3) is 10.0 Å². The van der Waals surface area contributed by atoms with E-state index in [1.54, 1.807) is 30.5 Å². The molecule has 0 bridgehead atoms. The van der Waals surface area contributed by atoms with Crippen molar-refractivity contribution in [3.05, 3.63) is 46.7 Å². The van der Waals surface area contributed by atoms with Crippen LogP contribution < -0.4 is 10.0 Å². The van der Waals surface area contributed by atoms with E-state index in [-0.39, 0.29) is 4.90 Å². The van der Waals surface area contributed by atoms with Gasteiger partial charge in [0.05, 0.1) is 5.69 Å². The molecule has 0 aliphatic carbocycles. The number of benzene rings is 1. The third-order valence-corrected chi connectivity index (χ3v) is 5.50. The molecule has 2 aromatic rings. The van der Waals surface area contributed by atoms with Crippen LogP contribution in [0.15, 0.2) is 46.0 Å². The zero-order valence-corrected chi connectivity index (χ0v) is 12.9. The van der Waals surface area contributed by atoms with E-state index in [4.69, 9.17) is 5.73 Å². The van der Waals surface area contributed by atoms with Crippen molar-refractivity contribution in [2.24, 2.45) is 0 Å². The second kappa shape index (κ2) is 4.75. The second-order valence-electron chi connectivity index (χ2n) is 4.51. The summed E-state index contributed by atoms with van der Waals surface area (Å²) >= 11 is 3.24. The maximum absolute atomic E-state index is 12.7. The van der Waals surface area contributed by atoms with Gasteiger partial charge in [-0.15, -0.1) is 0 Å². The highest BCUT2D eigenvalue weighted by atomic mass is 79.9. The zero-order chi connectivity index (χ0) is 14.3. The van der Waals surface area contributed by atoms with Crippen LogP contribution in [0.1, 0.15) is 5.56 Å². The standard InChI is InChI=1S/C13H12BrN3O2S/c14-9-6-10(8-16-7-9)20(18,19)17-5-4-11-12(15)2-1-3-13(11)17/h1-3,6-8H,4-5,15H2. The second-order valence-corrected chi connectivity index (χ2v) is 7.29. The number of hydrogen-bond donors (Lipinski definition) is 1. The van der Waals surface area contributed by atoms with E-state index in [0.29, 0.717) is 28.8 Å². The average molecular weight is 354 g/mol. The van der Waals surface area contributed by atoms with Gasteiger partial charge in [-0.1, -0.05) is 6.07 Å². The van der Waals surface area contributed by atoms with Gasteiger partial charge in [0.1, 0.15) is 4.90 Å². The molecule has 1 aromatic heterocycles. The molecule has 7 heteroatoms. The van der Waals surface area contributed by atoms with Crippen molar-refractivity contribution in [3.8, 4) is 0 Å². The molecule has 1 aliphatic rings. The maximum Gasteiger partial charge on any atom is 0.265 e. The number of nitrogens with two attached hydrogens (primary N) is 1. The van der Waals surface area contributed by atoms with Crippen LogP contribution >= 0.6 is 15.9 Å². The first-order valence-corrected chi connectivity index (χ1v) is 8.24. The smallest absolute Gasteiger partial charge is 0.265 e. The summed E-state index contributed by atoms with van der Waals surface area (Å²) in [7, 11) is -3.61. The van der Waals surface area contributed by atoms with Crippen LogP contribution in [0, 0.1) is 0 Å². The van der Waals surface area contributed by atoms with Crippen LogP contribution in [0.2, 0.25) is 0 Å². The molecule has 0 atom stereocenters. The largest absolute Gasteiger partial charge is 0.398 e. The lowest BCUT2D eigenvalue weighted by Gasteiger charge is -2.19. The Labute approximate surface area is 125 Å². The number of hydrogen-bond acceptors (Lipinski definition) is 4. The highest BCUT2D eigenvalue weighted by Gasteiger charge is 2.31. The van der Waals surface area contributed by atoms with E-state index in [1.165, 1.54) is 10.5 Å². The van der Waals surface area contributed by atoms with Crippen LogP contribution in [0.25, 0.3) is 0 Å². The average Bonchev–Trinajstić information content (AvgIpc) is 2.85. The highest BCUT2D eigenvalue weighted by Crippen LogP contribution is 2.36. The van der Waals surface area contributed by atoms with Crippen molar-refractivity contribution in [2.45, 2.75) is 11.3 Å². The Balaban J connectivity index is 2.10. The fourth-order valence-electron chi connectivity index (χ4n) is 2.34. The highest BCUT2D eigenvalue weighted by molar-refractivity contribution is 9.10. The zero-order valence-electron chi connectivity index (χ0n) is 10.5. The van der Waals surface area contributed by atoms with E-state index < -0.39 is 10.0 Å². The number of sulfonamides is 1. The van der Waals surface area contributed by atoms with Crippen molar-refractivity contribution in [1.82, 2.24) is 4.98 Å². The molecule has 0 radical (unpaired) electrons. The summed E-state index contributed by atoms with van der Waals surface area (Å²) in [5.41, 5.74) is 8.08. The minimum atomic E-state index is -3.61. The van der Waals surface area contributed by atoms with E-state index in [2.05, 4.69) is 20.9 Å². The number of rotatable bonds is 2. The number of aromatic nitrogens is 1. The van der Waals surface area contributed by atoms with Crippen molar-refractivity contribution in [3.63, 3.8) is 0 Å². The number of anilines is 2. The van der Waals surface area contributed by atoms with Crippen LogP contribution in [0.5, 0.6) is 0 Å². The van der Waals surface area contributed by atoms with Gasteiger partial charge in [-0.3, -0.25) is 9.29 Å². The topological polar surface area (TPSA) is 76.3 Å². The summed E-state index contributed by atoms with van der Waals surface area (Å²) in [4.78, 5) is 4.09. The Morgan fingerprint density at radius 1 is 1.30 bits per heavy atom. The Bertz CT molecular complexity index is 777. The SMILES string of the molecule is Nc1cccc2c1CCN2S(=O)(=O)c1cncc(Br)c1. The van der Waals surface area contributed by atoms with Crippen molar-refractivity contribution in [2.75, 3.05) is 16.6 Å². The van der Waals surface area contributed by atoms with E-state index in [9.17, 15) is 8.42 Å². The fourth-order valence-corrected chi connectivity index (χ4v) is 4.34. The summed E-state index contributed by atoms with van der Waals surface area (Å²) in [5.74, 6) is 0. The van der Waals surface area contributed by atoms with Crippen LogP contribution in [-0.4, -0.2) is 19.9 Å². The Morgan fingerprint density at radius 2 is 2.10 bits per heavy atom. The monoisotopic (exact) mass is 353 g/mol. The number of halogens is 1. The lowest BCUT2D eigenvalue weighted by atomic mass is 10.1. The first-order chi connectivity index (χ1) is 9.50. The van der Waals surface area contributed by atoms with Crippen LogP contribution in [-0.2, 0) is 16.4 Å². The molecule has 20 heavy (non-hydrogen) atoms. The predicted octanol–water partition coefficient (Wildman–Crippen LogP) is 2.18. The Kier molecular flexibility index (Phi) is 3.18. The maximum atomic E-state index is 12.7. The molecule has 0 amide bonds. The van der Waals surface area contributed by atoms with Gasteiger partial charge in [0.2, 0.25) is 0 Å². The molecule has 104 valence electrons. The molecule has 0 saturated carbocycles. The third kappa shape index (κ3) is 2.06. The van der Waals surface area contributed by atoms with Crippen molar-refractivity contribution in [1.29, 1.82) is 0 Å². The molecule has 1 aromatic carbocycles. The van der Waals surface area contributed by atoms with Gasteiger partial charge in [0, 0.05) is 34.7 Å². The molecule has 0 unspecified atom stereocenters. The fraction of sp³-hybridized carbons (Fsp3) is 0.154. The Morgan fingerprint density at radius 3 is 2.85 bits per heavy atom. The van der Waals surface area contributed by atoms with Gasteiger partial charge in [-0.2, -0.15) is 0 Å². The third-order valence-electron chi connectivity index (χ3n) is 3.29. The van der Waals surface area contributed by atoms with Crippen LogP contribution in [0.4, 0.5) is 11.4 Å². The molecule has 2 heterocycles. The summed E-state index contributed by atoms with van der Waals surface area (Å²) in [6.45, 7) is 0.401. The molecule has 0 saturated heterocycles. The number of nitrogen functional groups attached to an aromatic ring is 1. The number of fused-ring (bicyclic) bond motifs is 1. The van der Waals surface area contributed by atoms with E-state index >= 15 is 0 Å². The summed E-state index contributed by atoms with van der Waals surface area (Å²) in [5, 5.41) is 0. The minimum Gasteiger partial charge on any atom is -0.398 e. The summed E-state index contributed by atoms with van der Waals surface area (Å²) < 4.78 is 27.4. The lowest BCUT2D eigenvalue weighted by Crippen LogP contribution is -2.29. The molecule has 5 nitrogen and oxygen atoms in total. The van der Waals surface area contributed by atoms with Crippen LogP contribution in [0.3, 0.4) is 0 Å². The molecule has 0 fully saturated rings. The normalized spacial score (nSPS) is 14.3. The molecule has 2 N–H and O–H groups in total. The van der Waals surface area contributed by atoms with E-state index in [1.807, 2.05) is 0 Å². The molecule has 3 rings (SSSR count). The minimum absolute atomic E-state index is 0.169.